The normalized spacial score (nSPS) is 21.3. The van der Waals surface area contributed by atoms with E-state index in [0.717, 1.165) is 69.1 Å². The summed E-state index contributed by atoms with van der Waals surface area (Å²) in [7, 11) is 1.97. The Morgan fingerprint density at radius 3 is 2.37 bits per heavy atom. The van der Waals surface area contributed by atoms with E-state index in [1.54, 1.807) is 4.68 Å². The van der Waals surface area contributed by atoms with Gasteiger partial charge in [-0.1, -0.05) is 32.0 Å². The summed E-state index contributed by atoms with van der Waals surface area (Å²) >= 11 is 0. The molecule has 0 aliphatic carbocycles. The SMILES string of the molecule is CCN(CC)CC1CC2(CCN(Cc3c(C)n(C)n(-c4ccccc4)c3=O)CC2)O1. The minimum atomic E-state index is 0.0876. The Balaban J connectivity index is 1.37. The fourth-order valence-electron chi connectivity index (χ4n) is 5.10. The Bertz CT molecular complexity index is 897. The number of para-hydroxylation sites is 1. The van der Waals surface area contributed by atoms with Crippen molar-refractivity contribution in [1.29, 1.82) is 0 Å². The highest BCUT2D eigenvalue weighted by atomic mass is 16.5. The van der Waals surface area contributed by atoms with Crippen molar-refractivity contribution in [3.05, 3.63) is 51.9 Å². The van der Waals surface area contributed by atoms with Gasteiger partial charge in [0.15, 0.2) is 0 Å². The van der Waals surface area contributed by atoms with E-state index in [1.807, 2.05) is 42.1 Å². The molecule has 0 N–H and O–H groups in total. The number of likely N-dealkylation sites (tertiary alicyclic amines) is 1. The zero-order chi connectivity index (χ0) is 21.3. The van der Waals surface area contributed by atoms with Crippen molar-refractivity contribution in [3.8, 4) is 5.69 Å². The highest BCUT2D eigenvalue weighted by Crippen LogP contribution is 2.41. The Morgan fingerprint density at radius 2 is 1.77 bits per heavy atom. The van der Waals surface area contributed by atoms with Crippen LogP contribution in [-0.2, 0) is 18.3 Å². The zero-order valence-corrected chi connectivity index (χ0v) is 18.9. The molecule has 2 aliphatic rings. The Hall–Kier alpha value is -1.89. The lowest BCUT2D eigenvalue weighted by Crippen LogP contribution is -2.59. The van der Waals surface area contributed by atoms with Crippen LogP contribution in [-0.4, -0.2) is 63.6 Å². The summed E-state index contributed by atoms with van der Waals surface area (Å²) in [6.07, 6.45) is 3.72. The smallest absolute Gasteiger partial charge is 0.276 e. The summed E-state index contributed by atoms with van der Waals surface area (Å²) in [4.78, 5) is 18.0. The first-order valence-electron chi connectivity index (χ1n) is 11.4. The molecule has 0 bridgehead atoms. The van der Waals surface area contributed by atoms with E-state index in [-0.39, 0.29) is 11.2 Å². The predicted molar refractivity (Wildman–Crippen MR) is 120 cm³/mol. The first kappa shape index (κ1) is 21.3. The lowest BCUT2D eigenvalue weighted by atomic mass is 9.80. The van der Waals surface area contributed by atoms with Crippen LogP contribution in [0.2, 0.25) is 0 Å². The monoisotopic (exact) mass is 412 g/mol. The molecule has 1 spiro atoms. The average Bonchev–Trinajstić information content (AvgIpc) is 2.95. The number of nitrogens with zero attached hydrogens (tertiary/aromatic N) is 4. The van der Waals surface area contributed by atoms with E-state index in [0.29, 0.717) is 6.10 Å². The molecule has 30 heavy (non-hydrogen) atoms. The van der Waals surface area contributed by atoms with Crippen molar-refractivity contribution >= 4 is 0 Å². The van der Waals surface area contributed by atoms with Crippen LogP contribution in [0.3, 0.4) is 0 Å². The van der Waals surface area contributed by atoms with Gasteiger partial charge in [0.1, 0.15) is 0 Å². The van der Waals surface area contributed by atoms with E-state index < -0.39 is 0 Å². The molecule has 0 radical (unpaired) electrons. The second kappa shape index (κ2) is 8.69. The van der Waals surface area contributed by atoms with Crippen molar-refractivity contribution < 1.29 is 4.74 Å². The summed E-state index contributed by atoms with van der Waals surface area (Å²) < 4.78 is 10.1. The molecule has 2 aliphatic heterocycles. The molecule has 1 unspecified atom stereocenters. The maximum atomic E-state index is 13.2. The Kier molecular flexibility index (Phi) is 6.19. The van der Waals surface area contributed by atoms with Gasteiger partial charge in [0.05, 0.1) is 23.0 Å². The standard InChI is InChI=1S/C24H36N4O2/c1-5-26(6-2)17-21-16-24(30-21)12-14-27(15-13-24)18-22-19(3)25(4)28(23(22)29)20-10-8-7-9-11-20/h7-11,21H,5-6,12-18H2,1-4H3. The number of hydrogen-bond acceptors (Lipinski definition) is 4. The van der Waals surface area contributed by atoms with Crippen LogP contribution in [0.4, 0.5) is 0 Å². The van der Waals surface area contributed by atoms with Crippen LogP contribution in [0.25, 0.3) is 5.69 Å². The average molecular weight is 413 g/mol. The molecule has 1 atom stereocenters. The zero-order valence-electron chi connectivity index (χ0n) is 18.9. The summed E-state index contributed by atoms with van der Waals surface area (Å²) in [6.45, 7) is 12.4. The molecule has 1 aromatic carbocycles. The Morgan fingerprint density at radius 1 is 1.13 bits per heavy atom. The van der Waals surface area contributed by atoms with Gasteiger partial charge in [0.25, 0.3) is 5.56 Å². The van der Waals surface area contributed by atoms with Gasteiger partial charge < -0.3 is 9.64 Å². The van der Waals surface area contributed by atoms with Crippen LogP contribution in [0.5, 0.6) is 0 Å². The molecule has 0 saturated carbocycles. The van der Waals surface area contributed by atoms with Crippen molar-refractivity contribution in [1.82, 2.24) is 19.2 Å². The molecular weight excluding hydrogens is 376 g/mol. The maximum Gasteiger partial charge on any atom is 0.276 e. The molecule has 2 saturated heterocycles. The molecule has 0 amide bonds. The summed E-state index contributed by atoms with van der Waals surface area (Å²) in [5.41, 5.74) is 3.05. The van der Waals surface area contributed by atoms with Crippen LogP contribution < -0.4 is 5.56 Å². The van der Waals surface area contributed by atoms with Gasteiger partial charge in [0, 0.05) is 45.3 Å². The third-order valence-corrected chi connectivity index (χ3v) is 7.20. The second-order valence-corrected chi connectivity index (χ2v) is 8.93. The van der Waals surface area contributed by atoms with E-state index in [4.69, 9.17) is 4.74 Å². The molecule has 3 heterocycles. The quantitative estimate of drug-likeness (QED) is 0.701. The van der Waals surface area contributed by atoms with Gasteiger partial charge in [-0.3, -0.25) is 14.4 Å². The molecule has 2 aromatic rings. The van der Waals surface area contributed by atoms with Crippen molar-refractivity contribution in [2.24, 2.45) is 7.05 Å². The van der Waals surface area contributed by atoms with E-state index in [9.17, 15) is 4.79 Å². The topological polar surface area (TPSA) is 42.6 Å². The fraction of sp³-hybridized carbons (Fsp3) is 0.625. The molecule has 4 rings (SSSR count). The van der Waals surface area contributed by atoms with Crippen LogP contribution in [0, 0.1) is 6.92 Å². The lowest BCUT2D eigenvalue weighted by Gasteiger charge is -2.53. The van der Waals surface area contributed by atoms with Crippen LogP contribution in [0.15, 0.2) is 35.1 Å². The van der Waals surface area contributed by atoms with E-state index >= 15 is 0 Å². The molecule has 6 heteroatoms. The first-order chi connectivity index (χ1) is 14.5. The van der Waals surface area contributed by atoms with Crippen molar-refractivity contribution in [2.75, 3.05) is 32.7 Å². The van der Waals surface area contributed by atoms with Crippen LogP contribution >= 0.6 is 0 Å². The van der Waals surface area contributed by atoms with Crippen molar-refractivity contribution in [3.63, 3.8) is 0 Å². The molecule has 1 aromatic heterocycles. The van der Waals surface area contributed by atoms with Gasteiger partial charge >= 0.3 is 0 Å². The van der Waals surface area contributed by atoms with E-state index in [1.165, 1.54) is 6.42 Å². The first-order valence-corrected chi connectivity index (χ1v) is 11.4. The lowest BCUT2D eigenvalue weighted by molar-refractivity contribution is -0.229. The largest absolute Gasteiger partial charge is 0.370 e. The number of rotatable bonds is 7. The van der Waals surface area contributed by atoms with Crippen LogP contribution in [0.1, 0.15) is 44.4 Å². The maximum absolute atomic E-state index is 13.2. The molecule has 6 nitrogen and oxygen atoms in total. The minimum absolute atomic E-state index is 0.0876. The highest BCUT2D eigenvalue weighted by molar-refractivity contribution is 5.33. The summed E-state index contributed by atoms with van der Waals surface area (Å²) in [5.74, 6) is 0. The van der Waals surface area contributed by atoms with Gasteiger partial charge in [-0.15, -0.1) is 0 Å². The molecule has 164 valence electrons. The Labute approximate surface area is 180 Å². The van der Waals surface area contributed by atoms with Crippen molar-refractivity contribution in [2.45, 2.75) is 58.3 Å². The fourth-order valence-corrected chi connectivity index (χ4v) is 5.10. The number of likely N-dealkylation sites (N-methyl/N-ethyl adjacent to an activating group) is 1. The summed E-state index contributed by atoms with van der Waals surface area (Å²) in [5, 5.41) is 0. The highest BCUT2D eigenvalue weighted by Gasteiger charge is 2.47. The number of benzene rings is 1. The van der Waals surface area contributed by atoms with E-state index in [2.05, 4.69) is 30.6 Å². The van der Waals surface area contributed by atoms with Gasteiger partial charge in [-0.05, 0) is 45.0 Å². The van der Waals surface area contributed by atoms with Gasteiger partial charge in [0.2, 0.25) is 0 Å². The number of ether oxygens (including phenoxy) is 1. The molecule has 2 fully saturated rings. The number of hydrogen-bond donors (Lipinski definition) is 0. The summed E-state index contributed by atoms with van der Waals surface area (Å²) in [6, 6.07) is 9.89. The third-order valence-electron chi connectivity index (χ3n) is 7.20. The third kappa shape index (κ3) is 4.01. The second-order valence-electron chi connectivity index (χ2n) is 8.93. The predicted octanol–water partition coefficient (Wildman–Crippen LogP) is 2.95. The number of aromatic nitrogens is 2. The number of piperidine rings is 1. The minimum Gasteiger partial charge on any atom is -0.370 e. The van der Waals surface area contributed by atoms with Gasteiger partial charge in [-0.25, -0.2) is 4.68 Å². The molecular formula is C24H36N4O2. The van der Waals surface area contributed by atoms with Gasteiger partial charge in [-0.2, -0.15) is 0 Å².